The van der Waals surface area contributed by atoms with Gasteiger partial charge in [-0.05, 0) is 29.8 Å². The Hall–Kier alpha value is -2.77. The molecule has 20 heavy (non-hydrogen) atoms. The van der Waals surface area contributed by atoms with Crippen molar-refractivity contribution in [3.63, 3.8) is 0 Å². The highest BCUT2D eigenvalue weighted by Crippen LogP contribution is 2.23. The molecular weight excluding hydrogens is 260 g/mol. The largest absolute Gasteiger partial charge is 0.326 e. The first-order valence-corrected chi connectivity index (χ1v) is 6.06. The quantitative estimate of drug-likeness (QED) is 0.773. The zero-order valence-electron chi connectivity index (χ0n) is 11.1. The summed E-state index contributed by atoms with van der Waals surface area (Å²) in [6, 6.07) is 5.24. The number of benzene rings is 1. The van der Waals surface area contributed by atoms with E-state index in [1.807, 2.05) is 0 Å². The van der Waals surface area contributed by atoms with Crippen molar-refractivity contribution in [3.05, 3.63) is 29.6 Å². The highest BCUT2D eigenvalue weighted by atomic mass is 16.2. The molecule has 0 saturated heterocycles. The van der Waals surface area contributed by atoms with Crippen LogP contribution in [-0.4, -0.2) is 32.4 Å². The van der Waals surface area contributed by atoms with E-state index >= 15 is 0 Å². The van der Waals surface area contributed by atoms with E-state index in [2.05, 4.69) is 31.3 Å². The van der Waals surface area contributed by atoms with Gasteiger partial charge >= 0.3 is 0 Å². The van der Waals surface area contributed by atoms with Crippen molar-refractivity contribution in [2.24, 2.45) is 0 Å². The number of nitrogens with one attached hydrogen (secondary N) is 3. The molecule has 0 fully saturated rings. The average Bonchev–Trinajstić information content (AvgIpc) is 2.97. The summed E-state index contributed by atoms with van der Waals surface area (Å²) in [6.07, 6.45) is 0.388. The topological polar surface area (TPSA) is 113 Å². The third-order valence-corrected chi connectivity index (χ3v) is 2.73. The zero-order chi connectivity index (χ0) is 14.5. The minimum absolute atomic E-state index is 0.0487. The SMILES string of the molecule is CCC(=O)Nc1cccc(NC(=O)c2nn[nH]n2)c1C. The molecule has 0 spiro atoms. The van der Waals surface area contributed by atoms with Gasteiger partial charge in [0.15, 0.2) is 0 Å². The van der Waals surface area contributed by atoms with Gasteiger partial charge in [-0.15, -0.1) is 10.2 Å². The van der Waals surface area contributed by atoms with E-state index in [1.54, 1.807) is 32.0 Å². The van der Waals surface area contributed by atoms with Crippen molar-refractivity contribution < 1.29 is 9.59 Å². The van der Waals surface area contributed by atoms with Crippen LogP contribution in [0.3, 0.4) is 0 Å². The molecule has 0 bridgehead atoms. The number of carbonyl (C=O) groups is 2. The molecule has 2 amide bonds. The first-order valence-electron chi connectivity index (χ1n) is 6.06. The minimum atomic E-state index is -0.471. The maximum absolute atomic E-state index is 11.8. The number of hydrogen-bond acceptors (Lipinski definition) is 5. The normalized spacial score (nSPS) is 10.1. The van der Waals surface area contributed by atoms with Crippen molar-refractivity contribution in [2.45, 2.75) is 20.3 Å². The number of H-pyrrole nitrogens is 1. The predicted molar refractivity (Wildman–Crippen MR) is 72.2 cm³/mol. The van der Waals surface area contributed by atoms with E-state index < -0.39 is 5.91 Å². The van der Waals surface area contributed by atoms with E-state index in [4.69, 9.17) is 0 Å². The van der Waals surface area contributed by atoms with E-state index in [9.17, 15) is 9.59 Å². The lowest BCUT2D eigenvalue weighted by atomic mass is 10.1. The van der Waals surface area contributed by atoms with Crippen LogP contribution < -0.4 is 10.6 Å². The Morgan fingerprint density at radius 2 is 1.95 bits per heavy atom. The maximum Gasteiger partial charge on any atom is 0.297 e. The van der Waals surface area contributed by atoms with Gasteiger partial charge in [-0.1, -0.05) is 13.0 Å². The number of anilines is 2. The molecule has 0 atom stereocenters. The fraction of sp³-hybridized carbons (Fsp3) is 0.250. The number of carbonyl (C=O) groups excluding carboxylic acids is 2. The molecule has 1 heterocycles. The van der Waals surface area contributed by atoms with Crippen molar-refractivity contribution in [2.75, 3.05) is 10.6 Å². The molecule has 3 N–H and O–H groups in total. The number of aromatic amines is 1. The van der Waals surface area contributed by atoms with Gasteiger partial charge < -0.3 is 10.6 Å². The Labute approximate surface area is 115 Å². The molecule has 0 unspecified atom stereocenters. The van der Waals surface area contributed by atoms with Gasteiger partial charge in [0.1, 0.15) is 0 Å². The molecule has 104 valence electrons. The number of aromatic nitrogens is 4. The molecule has 8 heteroatoms. The standard InChI is InChI=1S/C12H14N6O2/c1-3-10(19)13-8-5-4-6-9(7(8)2)14-12(20)11-15-17-18-16-11/h4-6H,3H2,1-2H3,(H,13,19)(H,14,20)(H,15,16,17,18). The Kier molecular flexibility index (Phi) is 4.04. The zero-order valence-corrected chi connectivity index (χ0v) is 11.1. The highest BCUT2D eigenvalue weighted by Gasteiger charge is 2.13. The smallest absolute Gasteiger partial charge is 0.297 e. The predicted octanol–water partition coefficient (Wildman–Crippen LogP) is 1.11. The van der Waals surface area contributed by atoms with Crippen LogP contribution in [0.5, 0.6) is 0 Å². The fourth-order valence-electron chi connectivity index (χ4n) is 1.58. The minimum Gasteiger partial charge on any atom is -0.326 e. The van der Waals surface area contributed by atoms with Crippen molar-refractivity contribution >= 4 is 23.2 Å². The van der Waals surface area contributed by atoms with Gasteiger partial charge in [-0.3, -0.25) is 9.59 Å². The maximum atomic E-state index is 11.8. The van der Waals surface area contributed by atoms with Crippen LogP contribution in [-0.2, 0) is 4.79 Å². The number of hydrogen-bond donors (Lipinski definition) is 3. The second-order valence-corrected chi connectivity index (χ2v) is 4.07. The van der Waals surface area contributed by atoms with E-state index in [0.717, 1.165) is 5.56 Å². The molecule has 0 aliphatic rings. The lowest BCUT2D eigenvalue weighted by molar-refractivity contribution is -0.115. The Morgan fingerprint density at radius 1 is 1.25 bits per heavy atom. The van der Waals surface area contributed by atoms with E-state index in [1.165, 1.54) is 0 Å². The monoisotopic (exact) mass is 274 g/mol. The number of amides is 2. The van der Waals surface area contributed by atoms with Crippen LogP contribution in [0.2, 0.25) is 0 Å². The second kappa shape index (κ2) is 5.91. The molecular formula is C12H14N6O2. The van der Waals surface area contributed by atoms with Gasteiger partial charge in [-0.25, -0.2) is 0 Å². The molecule has 1 aromatic carbocycles. The lowest BCUT2D eigenvalue weighted by Crippen LogP contribution is -2.16. The molecule has 0 saturated carbocycles. The van der Waals surface area contributed by atoms with Crippen molar-refractivity contribution in [1.29, 1.82) is 0 Å². The fourth-order valence-corrected chi connectivity index (χ4v) is 1.58. The Morgan fingerprint density at radius 3 is 2.55 bits per heavy atom. The molecule has 2 aromatic rings. The Balaban J connectivity index is 2.18. The van der Waals surface area contributed by atoms with Crippen LogP contribution in [0.15, 0.2) is 18.2 Å². The second-order valence-electron chi connectivity index (χ2n) is 4.07. The molecule has 0 aliphatic heterocycles. The van der Waals surface area contributed by atoms with Crippen LogP contribution in [0.1, 0.15) is 29.5 Å². The third-order valence-electron chi connectivity index (χ3n) is 2.73. The van der Waals surface area contributed by atoms with Gasteiger partial charge in [-0.2, -0.15) is 5.21 Å². The summed E-state index contributed by atoms with van der Waals surface area (Å²) in [5, 5.41) is 18.2. The van der Waals surface area contributed by atoms with Gasteiger partial charge in [0.05, 0.1) is 0 Å². The third kappa shape index (κ3) is 2.97. The van der Waals surface area contributed by atoms with Crippen molar-refractivity contribution in [1.82, 2.24) is 20.6 Å². The average molecular weight is 274 g/mol. The first-order chi connectivity index (χ1) is 9.61. The number of tetrazole rings is 1. The Bertz CT molecular complexity index is 623. The van der Waals surface area contributed by atoms with Crippen molar-refractivity contribution in [3.8, 4) is 0 Å². The van der Waals surface area contributed by atoms with Gasteiger partial charge in [0.2, 0.25) is 5.91 Å². The molecule has 1 aromatic heterocycles. The summed E-state index contributed by atoms with van der Waals surface area (Å²) in [5.74, 6) is -0.608. The molecule has 0 aliphatic carbocycles. The van der Waals surface area contributed by atoms with Crippen LogP contribution >= 0.6 is 0 Å². The lowest BCUT2D eigenvalue weighted by Gasteiger charge is -2.12. The summed E-state index contributed by atoms with van der Waals surface area (Å²) in [6.45, 7) is 3.57. The number of nitrogens with zero attached hydrogens (tertiary/aromatic N) is 3. The van der Waals surface area contributed by atoms with Crippen LogP contribution in [0, 0.1) is 6.92 Å². The molecule has 2 rings (SSSR count). The number of rotatable bonds is 4. The summed E-state index contributed by atoms with van der Waals surface area (Å²) in [7, 11) is 0. The summed E-state index contributed by atoms with van der Waals surface area (Å²) >= 11 is 0. The van der Waals surface area contributed by atoms with Gasteiger partial charge in [0, 0.05) is 17.8 Å². The molecule has 8 nitrogen and oxygen atoms in total. The summed E-state index contributed by atoms with van der Waals surface area (Å²) < 4.78 is 0. The summed E-state index contributed by atoms with van der Waals surface area (Å²) in [5.41, 5.74) is 1.99. The first kappa shape index (κ1) is 13.7. The van der Waals surface area contributed by atoms with Crippen LogP contribution in [0.25, 0.3) is 0 Å². The molecule has 0 radical (unpaired) electrons. The van der Waals surface area contributed by atoms with Crippen LogP contribution in [0.4, 0.5) is 11.4 Å². The van der Waals surface area contributed by atoms with E-state index in [0.29, 0.717) is 17.8 Å². The highest BCUT2D eigenvalue weighted by molar-refractivity contribution is 6.02. The van der Waals surface area contributed by atoms with E-state index in [-0.39, 0.29) is 11.7 Å². The van der Waals surface area contributed by atoms with Gasteiger partial charge in [0.25, 0.3) is 11.7 Å². The summed E-state index contributed by atoms with van der Waals surface area (Å²) in [4.78, 5) is 23.3.